The molecule has 30 heavy (non-hydrogen) atoms. The molecule has 2 heterocycles. The fraction of sp³-hybridized carbons (Fsp3) is 0.720. The summed E-state index contributed by atoms with van der Waals surface area (Å²) >= 11 is 0. The van der Waals surface area contributed by atoms with Gasteiger partial charge in [0, 0.05) is 37.7 Å². The fourth-order valence-corrected chi connectivity index (χ4v) is 5.61. The number of nitrogens with zero attached hydrogens (tertiary/aromatic N) is 1. The van der Waals surface area contributed by atoms with E-state index in [1.165, 1.54) is 42.4 Å². The maximum Gasteiger partial charge on any atom is 0.317 e. The molecule has 1 aliphatic carbocycles. The molecule has 166 valence electrons. The van der Waals surface area contributed by atoms with Gasteiger partial charge in [0.1, 0.15) is 0 Å². The van der Waals surface area contributed by atoms with Crippen LogP contribution < -0.4 is 10.6 Å². The second-order valence-electron chi connectivity index (χ2n) is 9.99. The number of amides is 2. The van der Waals surface area contributed by atoms with Gasteiger partial charge in [0.25, 0.3) is 0 Å². The maximum atomic E-state index is 12.9. The lowest BCUT2D eigenvalue weighted by atomic mass is 9.89. The number of hydrogen-bond donors (Lipinski definition) is 2. The SMILES string of the molecule is CN[C@H](CNC(=O)N1CCC[C@@H](Cc2cc(C)ccc2C)C1)CC12CCCO[C@H]1C2. The van der Waals surface area contributed by atoms with Gasteiger partial charge in [0.05, 0.1) is 6.10 Å². The minimum atomic E-state index is 0.102. The van der Waals surface area contributed by atoms with Gasteiger partial charge in [-0.3, -0.25) is 0 Å². The number of piperidine rings is 1. The summed E-state index contributed by atoms with van der Waals surface area (Å²) in [7, 11) is 2.01. The summed E-state index contributed by atoms with van der Waals surface area (Å²) in [6, 6.07) is 7.13. The molecule has 5 nitrogen and oxygen atoms in total. The highest BCUT2D eigenvalue weighted by Gasteiger charge is 2.56. The molecule has 1 unspecified atom stereocenters. The van der Waals surface area contributed by atoms with Gasteiger partial charge in [-0.25, -0.2) is 4.79 Å². The number of carbonyl (C=O) groups is 1. The summed E-state index contributed by atoms with van der Waals surface area (Å²) in [4.78, 5) is 14.9. The first-order valence-electron chi connectivity index (χ1n) is 11.9. The molecule has 4 rings (SSSR count). The van der Waals surface area contributed by atoms with E-state index in [0.717, 1.165) is 39.0 Å². The number of fused-ring (bicyclic) bond motifs is 1. The van der Waals surface area contributed by atoms with Crippen LogP contribution in [0.25, 0.3) is 0 Å². The highest BCUT2D eigenvalue weighted by molar-refractivity contribution is 5.74. The summed E-state index contributed by atoms with van der Waals surface area (Å²) in [6.07, 6.45) is 8.59. The Balaban J connectivity index is 1.26. The van der Waals surface area contributed by atoms with Crippen molar-refractivity contribution in [3.05, 3.63) is 34.9 Å². The van der Waals surface area contributed by atoms with Gasteiger partial charge in [-0.15, -0.1) is 0 Å². The summed E-state index contributed by atoms with van der Waals surface area (Å²) in [5.41, 5.74) is 4.49. The van der Waals surface area contributed by atoms with Crippen molar-refractivity contribution < 1.29 is 9.53 Å². The number of benzene rings is 1. The van der Waals surface area contributed by atoms with E-state index in [1.807, 2.05) is 11.9 Å². The third-order valence-corrected chi connectivity index (χ3v) is 7.63. The van der Waals surface area contributed by atoms with E-state index in [9.17, 15) is 4.79 Å². The second-order valence-corrected chi connectivity index (χ2v) is 9.99. The molecule has 1 saturated carbocycles. The Morgan fingerprint density at radius 3 is 3.00 bits per heavy atom. The summed E-state index contributed by atoms with van der Waals surface area (Å²) in [5.74, 6) is 0.551. The Bertz CT molecular complexity index is 752. The Hall–Kier alpha value is -1.59. The van der Waals surface area contributed by atoms with Gasteiger partial charge < -0.3 is 20.3 Å². The first kappa shape index (κ1) is 21.6. The predicted octanol–water partition coefficient (Wildman–Crippen LogP) is 3.81. The van der Waals surface area contributed by atoms with E-state index >= 15 is 0 Å². The van der Waals surface area contributed by atoms with Crippen LogP contribution in [0.4, 0.5) is 4.79 Å². The number of likely N-dealkylation sites (N-methyl/N-ethyl adjacent to an activating group) is 1. The van der Waals surface area contributed by atoms with E-state index in [0.29, 0.717) is 30.0 Å². The molecule has 2 N–H and O–H groups in total. The average molecular weight is 414 g/mol. The van der Waals surface area contributed by atoms with E-state index in [-0.39, 0.29) is 6.03 Å². The molecular formula is C25H39N3O2. The number of carbonyl (C=O) groups excluding carboxylic acids is 1. The second kappa shape index (κ2) is 9.27. The van der Waals surface area contributed by atoms with Gasteiger partial charge in [-0.1, -0.05) is 23.8 Å². The van der Waals surface area contributed by atoms with Crippen LogP contribution in [0.15, 0.2) is 18.2 Å². The zero-order chi connectivity index (χ0) is 21.1. The zero-order valence-corrected chi connectivity index (χ0v) is 19.0. The first-order valence-corrected chi connectivity index (χ1v) is 11.9. The van der Waals surface area contributed by atoms with Crippen molar-refractivity contribution in [1.29, 1.82) is 0 Å². The minimum Gasteiger partial charge on any atom is -0.378 e. The van der Waals surface area contributed by atoms with Gasteiger partial charge in [-0.2, -0.15) is 0 Å². The van der Waals surface area contributed by atoms with Crippen molar-refractivity contribution in [2.45, 2.75) is 70.9 Å². The van der Waals surface area contributed by atoms with Crippen LogP contribution in [0.2, 0.25) is 0 Å². The van der Waals surface area contributed by atoms with Gasteiger partial charge in [0.2, 0.25) is 0 Å². The maximum absolute atomic E-state index is 12.9. The molecule has 3 fully saturated rings. The lowest BCUT2D eigenvalue weighted by Crippen LogP contribution is -2.49. The van der Waals surface area contributed by atoms with Crippen molar-refractivity contribution in [3.63, 3.8) is 0 Å². The smallest absolute Gasteiger partial charge is 0.317 e. The Kier molecular flexibility index (Phi) is 6.69. The van der Waals surface area contributed by atoms with Crippen molar-refractivity contribution in [2.24, 2.45) is 11.3 Å². The van der Waals surface area contributed by atoms with Gasteiger partial charge in [-0.05, 0) is 82.9 Å². The Labute approximate surface area is 181 Å². The van der Waals surface area contributed by atoms with Crippen LogP contribution in [0, 0.1) is 25.2 Å². The molecule has 0 radical (unpaired) electrons. The molecule has 3 aliphatic rings. The monoisotopic (exact) mass is 413 g/mol. The number of rotatable bonds is 7. The topological polar surface area (TPSA) is 53.6 Å². The molecule has 4 atom stereocenters. The first-order chi connectivity index (χ1) is 14.5. The van der Waals surface area contributed by atoms with E-state index in [2.05, 4.69) is 42.7 Å². The standard InChI is InChI=1S/C25H39N3O2/c1-18-7-8-19(2)21(12-18)13-20-6-4-10-28(17-20)24(29)27-16-22(26-3)14-25-9-5-11-30-23(25)15-25/h7-8,12,20,22-23,26H,4-6,9-11,13-17H2,1-3H3,(H,27,29)/t20-,22-,23-,25?/m0/s1. The van der Waals surface area contributed by atoms with E-state index in [1.54, 1.807) is 0 Å². The minimum absolute atomic E-state index is 0.102. The summed E-state index contributed by atoms with van der Waals surface area (Å²) < 4.78 is 5.87. The Morgan fingerprint density at radius 1 is 1.33 bits per heavy atom. The summed E-state index contributed by atoms with van der Waals surface area (Å²) in [5, 5.41) is 6.64. The number of ether oxygens (including phenoxy) is 1. The molecule has 0 bridgehead atoms. The van der Waals surface area contributed by atoms with Crippen molar-refractivity contribution in [3.8, 4) is 0 Å². The number of aryl methyl sites for hydroxylation is 2. The quantitative estimate of drug-likeness (QED) is 0.715. The van der Waals surface area contributed by atoms with Crippen molar-refractivity contribution in [2.75, 3.05) is 33.3 Å². The molecule has 0 spiro atoms. The van der Waals surface area contributed by atoms with Gasteiger partial charge in [0.15, 0.2) is 0 Å². The average Bonchev–Trinajstić information content (AvgIpc) is 3.48. The third kappa shape index (κ3) is 5.00. The highest BCUT2D eigenvalue weighted by Crippen LogP contribution is 2.57. The highest BCUT2D eigenvalue weighted by atomic mass is 16.5. The number of nitrogens with one attached hydrogen (secondary N) is 2. The number of likely N-dealkylation sites (tertiary alicyclic amines) is 1. The fourth-order valence-electron chi connectivity index (χ4n) is 5.61. The number of hydrogen-bond acceptors (Lipinski definition) is 3. The van der Waals surface area contributed by atoms with Crippen LogP contribution in [0.1, 0.15) is 55.2 Å². The van der Waals surface area contributed by atoms with Crippen LogP contribution in [-0.2, 0) is 11.2 Å². The van der Waals surface area contributed by atoms with Crippen LogP contribution in [0.5, 0.6) is 0 Å². The zero-order valence-electron chi connectivity index (χ0n) is 19.0. The van der Waals surface area contributed by atoms with Crippen molar-refractivity contribution >= 4 is 6.03 Å². The predicted molar refractivity (Wildman–Crippen MR) is 121 cm³/mol. The molecule has 5 heteroatoms. The van der Waals surface area contributed by atoms with E-state index < -0.39 is 0 Å². The van der Waals surface area contributed by atoms with Crippen molar-refractivity contribution in [1.82, 2.24) is 15.5 Å². The molecule has 1 aromatic carbocycles. The van der Waals surface area contributed by atoms with Gasteiger partial charge >= 0.3 is 6.03 Å². The lowest BCUT2D eigenvalue weighted by molar-refractivity contribution is 0.0431. The van der Waals surface area contributed by atoms with Crippen LogP contribution in [-0.4, -0.2) is 56.4 Å². The summed E-state index contributed by atoms with van der Waals surface area (Å²) in [6.45, 7) is 7.71. The molecule has 2 saturated heterocycles. The van der Waals surface area contributed by atoms with Crippen LogP contribution >= 0.6 is 0 Å². The lowest BCUT2D eigenvalue weighted by Gasteiger charge is -2.34. The molecular weight excluding hydrogens is 374 g/mol. The molecule has 2 aliphatic heterocycles. The normalized spacial score (nSPS) is 29.2. The van der Waals surface area contributed by atoms with E-state index in [4.69, 9.17) is 4.74 Å². The van der Waals surface area contributed by atoms with Crippen LogP contribution in [0.3, 0.4) is 0 Å². The molecule has 0 aromatic heterocycles. The largest absolute Gasteiger partial charge is 0.378 e. The molecule has 1 aromatic rings. The number of urea groups is 1. The third-order valence-electron chi connectivity index (χ3n) is 7.63. The molecule has 2 amide bonds. The Morgan fingerprint density at radius 2 is 2.20 bits per heavy atom.